The van der Waals surface area contributed by atoms with E-state index >= 15 is 0 Å². The molecular formula is C21H12ClN2O4-. The molecule has 0 atom stereocenters. The zero-order chi connectivity index (χ0) is 20.1. The highest BCUT2D eigenvalue weighted by atomic mass is 35.5. The van der Waals surface area contributed by atoms with E-state index in [4.69, 9.17) is 16.0 Å². The van der Waals surface area contributed by atoms with E-state index in [-0.39, 0.29) is 21.9 Å². The van der Waals surface area contributed by atoms with Gasteiger partial charge in [0.15, 0.2) is 0 Å². The van der Waals surface area contributed by atoms with Crippen LogP contribution >= 0.6 is 11.6 Å². The molecule has 0 fully saturated rings. The molecule has 7 heteroatoms. The number of hydrogen-bond acceptors (Lipinski definition) is 5. The van der Waals surface area contributed by atoms with Crippen LogP contribution in [0.25, 0.3) is 17.4 Å². The molecule has 0 unspecified atom stereocenters. The molecule has 0 aliphatic heterocycles. The van der Waals surface area contributed by atoms with Gasteiger partial charge in [-0.3, -0.25) is 4.79 Å². The van der Waals surface area contributed by atoms with Gasteiger partial charge in [-0.2, -0.15) is 5.26 Å². The molecule has 0 radical (unpaired) electrons. The number of furan rings is 1. The fourth-order valence-electron chi connectivity index (χ4n) is 2.43. The summed E-state index contributed by atoms with van der Waals surface area (Å²) in [5.41, 5.74) is 0.726. The second-order valence-electron chi connectivity index (χ2n) is 5.67. The van der Waals surface area contributed by atoms with Gasteiger partial charge in [0.05, 0.1) is 5.97 Å². The third-order valence-electron chi connectivity index (χ3n) is 3.78. The molecule has 6 nitrogen and oxygen atoms in total. The molecular weight excluding hydrogens is 380 g/mol. The lowest BCUT2D eigenvalue weighted by atomic mass is 10.1. The van der Waals surface area contributed by atoms with Crippen LogP contribution in [0, 0.1) is 11.3 Å². The van der Waals surface area contributed by atoms with E-state index in [1.54, 1.807) is 42.5 Å². The minimum atomic E-state index is -1.40. The molecule has 1 aromatic heterocycles. The predicted molar refractivity (Wildman–Crippen MR) is 102 cm³/mol. The number of amides is 1. The zero-order valence-electron chi connectivity index (χ0n) is 14.3. The number of carboxylic acids is 1. The van der Waals surface area contributed by atoms with Crippen molar-refractivity contribution in [2.45, 2.75) is 0 Å². The molecule has 28 heavy (non-hydrogen) atoms. The van der Waals surface area contributed by atoms with Gasteiger partial charge in [0, 0.05) is 27.9 Å². The maximum absolute atomic E-state index is 12.3. The van der Waals surface area contributed by atoms with E-state index in [1.165, 1.54) is 18.2 Å². The number of para-hydroxylation sites is 1. The molecule has 1 amide bonds. The van der Waals surface area contributed by atoms with E-state index in [0.717, 1.165) is 0 Å². The van der Waals surface area contributed by atoms with Crippen LogP contribution in [0.2, 0.25) is 5.02 Å². The monoisotopic (exact) mass is 391 g/mol. The fraction of sp³-hybridized carbons (Fsp3) is 0. The maximum atomic E-state index is 12.3. The number of rotatable bonds is 5. The summed E-state index contributed by atoms with van der Waals surface area (Å²) < 4.78 is 5.61. The van der Waals surface area contributed by atoms with Crippen molar-refractivity contribution < 1.29 is 19.1 Å². The topological polar surface area (TPSA) is 106 Å². The smallest absolute Gasteiger partial charge is 0.266 e. The molecule has 0 saturated carbocycles. The van der Waals surface area contributed by atoms with Crippen molar-refractivity contribution in [1.82, 2.24) is 0 Å². The highest BCUT2D eigenvalue weighted by Gasteiger charge is 2.12. The Balaban J connectivity index is 1.84. The highest BCUT2D eigenvalue weighted by molar-refractivity contribution is 6.33. The van der Waals surface area contributed by atoms with Crippen LogP contribution in [0.4, 0.5) is 5.69 Å². The number of carbonyl (C=O) groups is 2. The number of benzene rings is 2. The van der Waals surface area contributed by atoms with Crippen molar-refractivity contribution in [3.63, 3.8) is 0 Å². The maximum Gasteiger partial charge on any atom is 0.266 e. The van der Waals surface area contributed by atoms with Gasteiger partial charge in [0.2, 0.25) is 0 Å². The summed E-state index contributed by atoms with van der Waals surface area (Å²) in [5, 5.41) is 23.1. The van der Waals surface area contributed by atoms with Crippen LogP contribution in [0.1, 0.15) is 16.1 Å². The van der Waals surface area contributed by atoms with E-state index in [9.17, 15) is 20.0 Å². The third kappa shape index (κ3) is 4.29. The van der Waals surface area contributed by atoms with Crippen LogP contribution in [-0.2, 0) is 4.79 Å². The second-order valence-corrected chi connectivity index (χ2v) is 6.08. The van der Waals surface area contributed by atoms with Crippen molar-refractivity contribution in [2.24, 2.45) is 0 Å². The van der Waals surface area contributed by atoms with Gasteiger partial charge in [-0.1, -0.05) is 29.8 Å². The Morgan fingerprint density at radius 3 is 2.54 bits per heavy atom. The summed E-state index contributed by atoms with van der Waals surface area (Å²) in [6, 6.07) is 18.1. The first-order valence-corrected chi connectivity index (χ1v) is 8.45. The summed E-state index contributed by atoms with van der Waals surface area (Å²) in [6.07, 6.45) is 1.30. The van der Waals surface area contributed by atoms with Gasteiger partial charge in [0.1, 0.15) is 23.2 Å². The average Bonchev–Trinajstić information content (AvgIpc) is 3.15. The Hall–Kier alpha value is -3.82. The molecule has 0 bridgehead atoms. The number of carboxylic acid groups (broad SMARTS) is 1. The van der Waals surface area contributed by atoms with Crippen LogP contribution in [-0.4, -0.2) is 11.9 Å². The first-order valence-electron chi connectivity index (χ1n) is 8.07. The number of nitrogens with zero attached hydrogens (tertiary/aromatic N) is 1. The van der Waals surface area contributed by atoms with Crippen LogP contribution < -0.4 is 10.4 Å². The van der Waals surface area contributed by atoms with Gasteiger partial charge in [-0.15, -0.1) is 0 Å². The van der Waals surface area contributed by atoms with E-state index in [0.29, 0.717) is 17.0 Å². The van der Waals surface area contributed by atoms with Crippen LogP contribution in [0.15, 0.2) is 70.7 Å². The number of carbonyl (C=O) groups excluding carboxylic acids is 2. The van der Waals surface area contributed by atoms with Crippen LogP contribution in [0.3, 0.4) is 0 Å². The minimum Gasteiger partial charge on any atom is -0.545 e. The summed E-state index contributed by atoms with van der Waals surface area (Å²) in [5.74, 6) is -1.36. The number of anilines is 1. The van der Waals surface area contributed by atoms with Gasteiger partial charge in [-0.05, 0) is 42.5 Å². The molecule has 0 aliphatic rings. The Morgan fingerprint density at radius 2 is 1.86 bits per heavy atom. The van der Waals surface area contributed by atoms with E-state index in [2.05, 4.69) is 5.32 Å². The van der Waals surface area contributed by atoms with Gasteiger partial charge < -0.3 is 19.6 Å². The van der Waals surface area contributed by atoms with Crippen molar-refractivity contribution in [3.05, 3.63) is 82.6 Å². The second kappa shape index (κ2) is 8.25. The lowest BCUT2D eigenvalue weighted by Gasteiger charge is -2.06. The Bertz CT molecular complexity index is 1110. The Labute approximate surface area is 165 Å². The molecule has 0 spiro atoms. The zero-order valence-corrected chi connectivity index (χ0v) is 15.1. The number of nitrogens with one attached hydrogen (secondary N) is 1. The lowest BCUT2D eigenvalue weighted by Crippen LogP contribution is -2.22. The quantitative estimate of drug-likeness (QED) is 0.529. The Morgan fingerprint density at radius 1 is 1.11 bits per heavy atom. The predicted octanol–water partition coefficient (Wildman–Crippen LogP) is 3.51. The van der Waals surface area contributed by atoms with Crippen molar-refractivity contribution in [1.29, 1.82) is 5.26 Å². The van der Waals surface area contributed by atoms with Crippen molar-refractivity contribution >= 4 is 35.2 Å². The third-order valence-corrected chi connectivity index (χ3v) is 4.11. The van der Waals surface area contributed by atoms with Gasteiger partial charge in [-0.25, -0.2) is 0 Å². The van der Waals surface area contributed by atoms with Crippen LogP contribution in [0.5, 0.6) is 0 Å². The molecule has 3 rings (SSSR count). The van der Waals surface area contributed by atoms with E-state index < -0.39 is 11.9 Å². The number of halogens is 1. The Kier molecular flexibility index (Phi) is 5.58. The fourth-order valence-corrected chi connectivity index (χ4v) is 2.63. The SMILES string of the molecule is N#C/C(=C\c1ccc(-c2ccc(Cl)c(C(=O)[O-])c2)o1)C(=O)Nc1ccccc1. The molecule has 1 heterocycles. The van der Waals surface area contributed by atoms with Gasteiger partial charge >= 0.3 is 0 Å². The summed E-state index contributed by atoms with van der Waals surface area (Å²) in [7, 11) is 0. The normalized spacial score (nSPS) is 10.9. The molecule has 0 aliphatic carbocycles. The first-order chi connectivity index (χ1) is 13.5. The highest BCUT2D eigenvalue weighted by Crippen LogP contribution is 2.27. The molecule has 3 aromatic rings. The molecule has 138 valence electrons. The standard InChI is InChI=1S/C21H13ClN2O4/c22-18-8-6-13(11-17(18)21(26)27)19-9-7-16(28-19)10-14(12-23)20(25)24-15-4-2-1-3-5-15/h1-11H,(H,24,25)(H,26,27)/p-1/b14-10+. The summed E-state index contributed by atoms with van der Waals surface area (Å²) in [4.78, 5) is 23.4. The van der Waals surface area contributed by atoms with Gasteiger partial charge in [0.25, 0.3) is 5.91 Å². The number of nitriles is 1. The summed E-state index contributed by atoms with van der Waals surface area (Å²) >= 11 is 5.83. The summed E-state index contributed by atoms with van der Waals surface area (Å²) in [6.45, 7) is 0. The van der Waals surface area contributed by atoms with Crippen molar-refractivity contribution in [3.8, 4) is 17.4 Å². The minimum absolute atomic E-state index is 0.0553. The first kappa shape index (κ1) is 19.0. The van der Waals surface area contributed by atoms with E-state index in [1.807, 2.05) is 12.1 Å². The molecule has 2 aromatic carbocycles. The number of hydrogen-bond donors (Lipinski definition) is 1. The molecule has 0 saturated heterocycles. The lowest BCUT2D eigenvalue weighted by molar-refractivity contribution is -0.255. The average molecular weight is 392 g/mol. The number of aromatic carboxylic acids is 1. The molecule has 1 N–H and O–H groups in total. The van der Waals surface area contributed by atoms with Crippen molar-refractivity contribution in [2.75, 3.05) is 5.32 Å². The largest absolute Gasteiger partial charge is 0.545 e.